The molecule has 7 heteroatoms. The standard InChI is InChI=1S/C32H32N4O3/c1-33-22-30(37)36(26-13-15-27(39-2)16-14-26)31-29(33)17-20-35(32(31)38)25-11-9-23(10-12-25)28-8-4-3-7-24(28)21-34-18-5-6-19-34/h3-4,7-17,20H,5-6,18-19,21-22H2,1-2H3. The van der Waals surface area contributed by atoms with E-state index in [1.165, 1.54) is 28.9 Å². The predicted molar refractivity (Wildman–Crippen MR) is 155 cm³/mol. The van der Waals surface area contributed by atoms with Crippen LogP contribution in [0.3, 0.4) is 0 Å². The molecule has 0 N–H and O–H groups in total. The van der Waals surface area contributed by atoms with Gasteiger partial charge in [0, 0.05) is 31.2 Å². The highest BCUT2D eigenvalue weighted by atomic mass is 16.5. The minimum Gasteiger partial charge on any atom is -0.497 e. The number of carbonyl (C=O) groups excluding carboxylic acids is 1. The summed E-state index contributed by atoms with van der Waals surface area (Å²) in [6, 6.07) is 25.7. The highest BCUT2D eigenvalue weighted by molar-refractivity contribution is 6.08. The van der Waals surface area contributed by atoms with Crippen LogP contribution in [0.25, 0.3) is 16.8 Å². The van der Waals surface area contributed by atoms with Crippen molar-refractivity contribution in [3.8, 4) is 22.6 Å². The first-order chi connectivity index (χ1) is 19.0. The molecule has 4 aromatic rings. The van der Waals surface area contributed by atoms with Crippen molar-refractivity contribution < 1.29 is 9.53 Å². The van der Waals surface area contributed by atoms with Crippen LogP contribution in [0.2, 0.25) is 0 Å². The second kappa shape index (κ2) is 10.4. The zero-order valence-corrected chi connectivity index (χ0v) is 22.3. The molecule has 0 saturated carbocycles. The Morgan fingerprint density at radius 2 is 1.51 bits per heavy atom. The zero-order valence-electron chi connectivity index (χ0n) is 22.3. The summed E-state index contributed by atoms with van der Waals surface area (Å²) in [5, 5.41) is 0. The van der Waals surface area contributed by atoms with E-state index in [1.54, 1.807) is 42.1 Å². The van der Waals surface area contributed by atoms with E-state index < -0.39 is 0 Å². The zero-order chi connectivity index (χ0) is 26.9. The van der Waals surface area contributed by atoms with Crippen molar-refractivity contribution in [1.82, 2.24) is 9.47 Å². The Balaban J connectivity index is 1.36. The molecule has 1 amide bonds. The largest absolute Gasteiger partial charge is 0.497 e. The van der Waals surface area contributed by atoms with Crippen LogP contribution in [0.4, 0.5) is 17.1 Å². The summed E-state index contributed by atoms with van der Waals surface area (Å²) in [6.07, 6.45) is 4.32. The Hall–Kier alpha value is -4.36. The maximum atomic E-state index is 13.9. The Labute approximate surface area is 228 Å². The van der Waals surface area contributed by atoms with Crippen LogP contribution in [0.1, 0.15) is 18.4 Å². The molecule has 6 rings (SSSR count). The summed E-state index contributed by atoms with van der Waals surface area (Å²) in [4.78, 5) is 33.0. The number of ether oxygens (including phenoxy) is 1. The lowest BCUT2D eigenvalue weighted by atomic mass is 9.99. The lowest BCUT2D eigenvalue weighted by molar-refractivity contribution is -0.116. The van der Waals surface area contributed by atoms with Crippen LogP contribution in [-0.2, 0) is 11.3 Å². The van der Waals surface area contributed by atoms with Gasteiger partial charge in [-0.3, -0.25) is 24.0 Å². The third-order valence-electron chi connectivity index (χ3n) is 7.70. The van der Waals surface area contributed by atoms with Gasteiger partial charge in [0.1, 0.15) is 11.4 Å². The van der Waals surface area contributed by atoms with Gasteiger partial charge < -0.3 is 9.64 Å². The smallest absolute Gasteiger partial charge is 0.281 e. The number of pyridine rings is 1. The number of likely N-dealkylation sites (tertiary alicyclic amines) is 1. The van der Waals surface area contributed by atoms with E-state index >= 15 is 0 Å². The molecule has 2 aliphatic heterocycles. The number of benzene rings is 3. The SMILES string of the molecule is COc1ccc(N2C(=O)CN(C)c3ccn(-c4ccc(-c5ccccc5CN5CCCC5)cc4)c(=O)c32)cc1. The number of anilines is 3. The summed E-state index contributed by atoms with van der Waals surface area (Å²) >= 11 is 0. The molecule has 198 valence electrons. The van der Waals surface area contributed by atoms with Gasteiger partial charge in [-0.2, -0.15) is 0 Å². The fourth-order valence-electron chi connectivity index (χ4n) is 5.65. The van der Waals surface area contributed by atoms with Crippen LogP contribution in [0, 0.1) is 0 Å². The molecular weight excluding hydrogens is 488 g/mol. The fourth-order valence-corrected chi connectivity index (χ4v) is 5.65. The van der Waals surface area contributed by atoms with Crippen molar-refractivity contribution >= 4 is 23.0 Å². The quantitative estimate of drug-likeness (QED) is 0.349. The van der Waals surface area contributed by atoms with Crippen LogP contribution < -0.4 is 20.1 Å². The maximum absolute atomic E-state index is 13.9. The second-order valence-electron chi connectivity index (χ2n) is 10.2. The van der Waals surface area contributed by atoms with Gasteiger partial charge in [0.25, 0.3) is 11.5 Å². The van der Waals surface area contributed by atoms with Crippen molar-refractivity contribution in [2.24, 2.45) is 0 Å². The van der Waals surface area contributed by atoms with Gasteiger partial charge in [0.15, 0.2) is 0 Å². The van der Waals surface area contributed by atoms with E-state index in [2.05, 4.69) is 41.3 Å². The molecule has 0 bridgehead atoms. The molecule has 1 saturated heterocycles. The summed E-state index contributed by atoms with van der Waals surface area (Å²) < 4.78 is 6.89. The molecule has 1 aromatic heterocycles. The van der Waals surface area contributed by atoms with E-state index in [1.807, 2.05) is 30.1 Å². The van der Waals surface area contributed by atoms with Gasteiger partial charge >= 0.3 is 0 Å². The molecule has 0 radical (unpaired) electrons. The Bertz CT molecular complexity index is 1550. The average Bonchev–Trinajstić information content (AvgIpc) is 3.47. The van der Waals surface area contributed by atoms with Gasteiger partial charge in [0.2, 0.25) is 0 Å². The topological polar surface area (TPSA) is 58.0 Å². The lowest BCUT2D eigenvalue weighted by Crippen LogP contribution is -2.45. The molecule has 0 unspecified atom stereocenters. The van der Waals surface area contributed by atoms with Crippen molar-refractivity contribution in [1.29, 1.82) is 0 Å². The summed E-state index contributed by atoms with van der Waals surface area (Å²) in [6.45, 7) is 3.44. The van der Waals surface area contributed by atoms with Gasteiger partial charge in [0.05, 0.1) is 19.3 Å². The number of hydrogen-bond donors (Lipinski definition) is 0. The number of rotatable bonds is 6. The first-order valence-corrected chi connectivity index (χ1v) is 13.4. The lowest BCUT2D eigenvalue weighted by Gasteiger charge is -2.35. The van der Waals surface area contributed by atoms with Crippen LogP contribution >= 0.6 is 0 Å². The van der Waals surface area contributed by atoms with E-state index in [-0.39, 0.29) is 18.0 Å². The summed E-state index contributed by atoms with van der Waals surface area (Å²) in [7, 11) is 3.43. The second-order valence-corrected chi connectivity index (χ2v) is 10.2. The number of aromatic nitrogens is 1. The predicted octanol–water partition coefficient (Wildman–Crippen LogP) is 5.22. The monoisotopic (exact) mass is 520 g/mol. The third-order valence-corrected chi connectivity index (χ3v) is 7.70. The van der Waals surface area contributed by atoms with E-state index in [0.29, 0.717) is 17.1 Å². The number of methoxy groups -OCH3 is 1. The Morgan fingerprint density at radius 1 is 0.821 bits per heavy atom. The number of carbonyl (C=O) groups is 1. The van der Waals surface area contributed by atoms with E-state index in [4.69, 9.17) is 4.74 Å². The van der Waals surface area contributed by atoms with E-state index in [9.17, 15) is 9.59 Å². The first kappa shape index (κ1) is 24.9. The fraction of sp³-hybridized carbons (Fsp3) is 0.250. The molecule has 1 fully saturated rings. The summed E-state index contributed by atoms with van der Waals surface area (Å²) in [5.41, 5.74) is 5.86. The minimum absolute atomic E-state index is 0.157. The van der Waals surface area contributed by atoms with Crippen molar-refractivity contribution in [3.63, 3.8) is 0 Å². The number of hydrogen-bond acceptors (Lipinski definition) is 5. The molecule has 3 aromatic carbocycles. The first-order valence-electron chi connectivity index (χ1n) is 13.4. The Kier molecular flexibility index (Phi) is 6.67. The molecule has 0 spiro atoms. The normalized spacial score (nSPS) is 15.5. The number of fused-ring (bicyclic) bond motifs is 1. The average molecular weight is 521 g/mol. The number of nitrogens with zero attached hydrogens (tertiary/aromatic N) is 4. The van der Waals surface area contributed by atoms with Crippen LogP contribution in [-0.4, -0.2) is 49.2 Å². The van der Waals surface area contributed by atoms with E-state index in [0.717, 1.165) is 36.6 Å². The minimum atomic E-state index is -0.245. The third kappa shape index (κ3) is 4.70. The van der Waals surface area contributed by atoms with Crippen LogP contribution in [0.15, 0.2) is 89.9 Å². The molecule has 7 nitrogen and oxygen atoms in total. The highest BCUT2D eigenvalue weighted by Gasteiger charge is 2.32. The van der Waals surface area contributed by atoms with Crippen molar-refractivity contribution in [3.05, 3.63) is 101 Å². The molecular formula is C32H32N4O3. The molecule has 2 aliphatic rings. The molecule has 0 atom stereocenters. The van der Waals surface area contributed by atoms with Gasteiger partial charge in [-0.1, -0.05) is 36.4 Å². The number of likely N-dealkylation sites (N-methyl/N-ethyl adjacent to an activating group) is 1. The van der Waals surface area contributed by atoms with Gasteiger partial charge in [-0.25, -0.2) is 0 Å². The van der Waals surface area contributed by atoms with Crippen molar-refractivity contribution in [2.45, 2.75) is 19.4 Å². The van der Waals surface area contributed by atoms with Gasteiger partial charge in [-0.05, 0) is 85.1 Å². The maximum Gasteiger partial charge on any atom is 0.281 e. The molecule has 3 heterocycles. The van der Waals surface area contributed by atoms with Crippen LogP contribution in [0.5, 0.6) is 5.75 Å². The van der Waals surface area contributed by atoms with Gasteiger partial charge in [-0.15, -0.1) is 0 Å². The number of amides is 1. The molecule has 39 heavy (non-hydrogen) atoms. The Morgan fingerprint density at radius 3 is 2.23 bits per heavy atom. The van der Waals surface area contributed by atoms with Crippen molar-refractivity contribution in [2.75, 3.05) is 43.6 Å². The molecule has 0 aliphatic carbocycles. The summed E-state index contributed by atoms with van der Waals surface area (Å²) in [5.74, 6) is 0.531. The highest BCUT2D eigenvalue weighted by Crippen LogP contribution is 2.36.